The molecule has 2 fully saturated rings. The number of rotatable bonds is 2. The maximum Gasteiger partial charge on any atom is 0.238 e. The zero-order valence-electron chi connectivity index (χ0n) is 9.33. The first-order valence-corrected chi connectivity index (χ1v) is 5.64. The minimum Gasteiger partial charge on any atom is -0.329 e. The maximum atomic E-state index is 11.9. The molecule has 2 aliphatic rings. The van der Waals surface area contributed by atoms with Gasteiger partial charge in [0, 0.05) is 26.6 Å². The molecule has 5 heteroatoms. The monoisotopic (exact) mass is 212 g/mol. The number of piperidine rings is 1. The first kappa shape index (κ1) is 10.9. The highest BCUT2D eigenvalue weighted by molar-refractivity contribution is 5.79. The molecule has 2 saturated heterocycles. The lowest BCUT2D eigenvalue weighted by Crippen LogP contribution is -2.53. The molecule has 1 spiro atoms. The predicted molar refractivity (Wildman–Crippen MR) is 58.0 cm³/mol. The molecular formula is C10H20N4O. The Morgan fingerprint density at radius 2 is 2.13 bits per heavy atom. The second-order valence-electron chi connectivity index (χ2n) is 4.48. The lowest BCUT2D eigenvalue weighted by atomic mass is 9.86. The number of hydrogen-bond donors (Lipinski definition) is 2. The van der Waals surface area contributed by atoms with Crippen molar-refractivity contribution in [3.63, 3.8) is 0 Å². The van der Waals surface area contributed by atoms with E-state index >= 15 is 0 Å². The molecule has 0 bridgehead atoms. The molecule has 3 N–H and O–H groups in total. The minimum absolute atomic E-state index is 0.0670. The summed E-state index contributed by atoms with van der Waals surface area (Å²) in [6.45, 7) is 3.19. The van der Waals surface area contributed by atoms with E-state index in [-0.39, 0.29) is 11.4 Å². The van der Waals surface area contributed by atoms with Crippen molar-refractivity contribution >= 4 is 5.91 Å². The molecule has 0 unspecified atom stereocenters. The van der Waals surface area contributed by atoms with E-state index in [0.717, 1.165) is 25.9 Å². The SMILES string of the molecule is CN1N(CCN)C(=O)CC12CCNCC2. The second-order valence-corrected chi connectivity index (χ2v) is 4.48. The summed E-state index contributed by atoms with van der Waals surface area (Å²) in [5.41, 5.74) is 5.58. The molecule has 2 heterocycles. The fraction of sp³-hybridized carbons (Fsp3) is 0.900. The fourth-order valence-corrected chi connectivity index (χ4v) is 2.70. The second kappa shape index (κ2) is 4.08. The Hall–Kier alpha value is -0.650. The highest BCUT2D eigenvalue weighted by Crippen LogP contribution is 2.35. The smallest absolute Gasteiger partial charge is 0.238 e. The third-order valence-electron chi connectivity index (χ3n) is 3.69. The van der Waals surface area contributed by atoms with Crippen molar-refractivity contribution in [2.24, 2.45) is 5.73 Å². The molecule has 0 radical (unpaired) electrons. The number of nitrogens with two attached hydrogens (primary N) is 1. The first-order chi connectivity index (χ1) is 7.19. The normalized spacial score (nSPS) is 26.5. The van der Waals surface area contributed by atoms with Gasteiger partial charge in [0.2, 0.25) is 5.91 Å². The summed E-state index contributed by atoms with van der Waals surface area (Å²) in [6.07, 6.45) is 2.76. The quantitative estimate of drug-likeness (QED) is 0.626. The van der Waals surface area contributed by atoms with Gasteiger partial charge in [-0.25, -0.2) is 5.01 Å². The third kappa shape index (κ3) is 1.75. The molecule has 15 heavy (non-hydrogen) atoms. The van der Waals surface area contributed by atoms with E-state index in [9.17, 15) is 4.79 Å². The molecule has 0 aromatic heterocycles. The van der Waals surface area contributed by atoms with E-state index in [0.29, 0.717) is 19.5 Å². The fourth-order valence-electron chi connectivity index (χ4n) is 2.70. The van der Waals surface area contributed by atoms with E-state index in [1.165, 1.54) is 0 Å². The average Bonchev–Trinajstić information content (AvgIpc) is 2.45. The molecule has 0 aromatic carbocycles. The number of nitrogens with one attached hydrogen (secondary N) is 1. The predicted octanol–water partition coefficient (Wildman–Crippen LogP) is -0.854. The van der Waals surface area contributed by atoms with Gasteiger partial charge >= 0.3 is 0 Å². The standard InChI is InChI=1S/C10H20N4O/c1-13-10(2-5-12-6-3-10)8-9(15)14(13)7-4-11/h12H,2-8,11H2,1H3. The summed E-state index contributed by atoms with van der Waals surface area (Å²) in [6, 6.07) is 0. The Kier molecular flexibility index (Phi) is 2.95. The summed E-state index contributed by atoms with van der Waals surface area (Å²) in [5, 5.41) is 7.28. The Balaban J connectivity index is 2.12. The zero-order valence-corrected chi connectivity index (χ0v) is 9.33. The lowest BCUT2D eigenvalue weighted by molar-refractivity contribution is -0.138. The molecule has 0 aromatic rings. The number of nitrogens with zero attached hydrogens (tertiary/aromatic N) is 2. The van der Waals surface area contributed by atoms with Crippen LogP contribution in [0.25, 0.3) is 0 Å². The Morgan fingerprint density at radius 3 is 2.73 bits per heavy atom. The summed E-state index contributed by atoms with van der Waals surface area (Å²) >= 11 is 0. The van der Waals surface area contributed by atoms with E-state index in [1.54, 1.807) is 0 Å². The van der Waals surface area contributed by atoms with Crippen LogP contribution in [-0.4, -0.2) is 54.7 Å². The van der Waals surface area contributed by atoms with Crippen LogP contribution in [0.2, 0.25) is 0 Å². The zero-order chi connectivity index (χ0) is 10.9. The van der Waals surface area contributed by atoms with E-state index in [1.807, 2.05) is 12.1 Å². The van der Waals surface area contributed by atoms with E-state index in [4.69, 9.17) is 5.73 Å². The van der Waals surface area contributed by atoms with Crippen LogP contribution < -0.4 is 11.1 Å². The van der Waals surface area contributed by atoms with Crippen LogP contribution >= 0.6 is 0 Å². The van der Waals surface area contributed by atoms with Gasteiger partial charge in [-0.3, -0.25) is 9.80 Å². The molecular weight excluding hydrogens is 192 g/mol. The van der Waals surface area contributed by atoms with Gasteiger partial charge < -0.3 is 11.1 Å². The summed E-state index contributed by atoms with van der Waals surface area (Å²) in [4.78, 5) is 11.9. The van der Waals surface area contributed by atoms with Crippen molar-refractivity contribution in [3.8, 4) is 0 Å². The highest BCUT2D eigenvalue weighted by atomic mass is 16.2. The van der Waals surface area contributed by atoms with Gasteiger partial charge in [-0.05, 0) is 25.9 Å². The topological polar surface area (TPSA) is 61.6 Å². The minimum atomic E-state index is 0.0670. The number of carbonyl (C=O) groups is 1. The number of hydrogen-bond acceptors (Lipinski definition) is 4. The van der Waals surface area contributed by atoms with Gasteiger partial charge in [0.05, 0.1) is 5.54 Å². The third-order valence-corrected chi connectivity index (χ3v) is 3.69. The molecule has 2 rings (SSSR count). The Morgan fingerprint density at radius 1 is 1.47 bits per heavy atom. The largest absolute Gasteiger partial charge is 0.329 e. The summed E-state index contributed by atoms with van der Waals surface area (Å²) in [7, 11) is 2.02. The lowest BCUT2D eigenvalue weighted by Gasteiger charge is -2.41. The number of hydrazine groups is 1. The van der Waals surface area contributed by atoms with Gasteiger partial charge in [-0.15, -0.1) is 0 Å². The van der Waals surface area contributed by atoms with Crippen molar-refractivity contribution in [2.45, 2.75) is 24.8 Å². The van der Waals surface area contributed by atoms with Crippen LogP contribution in [0.1, 0.15) is 19.3 Å². The average molecular weight is 212 g/mol. The molecule has 5 nitrogen and oxygen atoms in total. The number of carbonyl (C=O) groups excluding carboxylic acids is 1. The van der Waals surface area contributed by atoms with Crippen molar-refractivity contribution < 1.29 is 4.79 Å². The van der Waals surface area contributed by atoms with Gasteiger partial charge in [0.25, 0.3) is 0 Å². The van der Waals surface area contributed by atoms with Crippen LogP contribution in [0.4, 0.5) is 0 Å². The molecule has 0 atom stereocenters. The van der Waals surface area contributed by atoms with Crippen molar-refractivity contribution in [1.29, 1.82) is 0 Å². The van der Waals surface area contributed by atoms with Gasteiger partial charge in [0.15, 0.2) is 0 Å². The van der Waals surface area contributed by atoms with Crippen LogP contribution in [0, 0.1) is 0 Å². The molecule has 0 saturated carbocycles. The van der Waals surface area contributed by atoms with Crippen molar-refractivity contribution in [2.75, 3.05) is 33.2 Å². The highest BCUT2D eigenvalue weighted by Gasteiger charge is 2.47. The van der Waals surface area contributed by atoms with Crippen molar-refractivity contribution in [1.82, 2.24) is 15.3 Å². The maximum absolute atomic E-state index is 11.9. The van der Waals surface area contributed by atoms with Crippen LogP contribution in [0.3, 0.4) is 0 Å². The first-order valence-electron chi connectivity index (χ1n) is 5.64. The molecule has 86 valence electrons. The summed E-state index contributed by atoms with van der Waals surface area (Å²) in [5.74, 6) is 0.227. The van der Waals surface area contributed by atoms with Gasteiger partial charge in [-0.1, -0.05) is 0 Å². The van der Waals surface area contributed by atoms with Crippen LogP contribution in [-0.2, 0) is 4.79 Å². The van der Waals surface area contributed by atoms with Crippen molar-refractivity contribution in [3.05, 3.63) is 0 Å². The van der Waals surface area contributed by atoms with E-state index < -0.39 is 0 Å². The Bertz CT molecular complexity index is 250. The number of amides is 1. The molecule has 0 aliphatic carbocycles. The molecule has 2 aliphatic heterocycles. The van der Waals surface area contributed by atoms with Gasteiger partial charge in [0.1, 0.15) is 0 Å². The van der Waals surface area contributed by atoms with Crippen LogP contribution in [0.15, 0.2) is 0 Å². The Labute approximate surface area is 90.6 Å². The van der Waals surface area contributed by atoms with E-state index in [2.05, 4.69) is 10.3 Å². The summed E-state index contributed by atoms with van der Waals surface area (Å²) < 4.78 is 0. The van der Waals surface area contributed by atoms with Gasteiger partial charge in [-0.2, -0.15) is 0 Å². The molecule has 1 amide bonds. The van der Waals surface area contributed by atoms with Crippen LogP contribution in [0.5, 0.6) is 0 Å².